The first-order valence-corrected chi connectivity index (χ1v) is 9.48. The fourth-order valence-corrected chi connectivity index (χ4v) is 3.22. The molecule has 0 aliphatic rings. The molecule has 0 atom stereocenters. The highest BCUT2D eigenvalue weighted by molar-refractivity contribution is 6.32. The third-order valence-corrected chi connectivity index (χ3v) is 5.25. The van der Waals surface area contributed by atoms with Crippen LogP contribution >= 0.6 is 11.6 Å². The summed E-state index contributed by atoms with van der Waals surface area (Å²) in [5.74, 6) is -1.19. The molecule has 158 valence electrons. The Bertz CT molecular complexity index is 1130. The van der Waals surface area contributed by atoms with Gasteiger partial charge in [-0.1, -0.05) is 11.6 Å². The molecule has 2 heterocycles. The second-order valence-corrected chi connectivity index (χ2v) is 7.39. The van der Waals surface area contributed by atoms with Crippen LogP contribution in [0.15, 0.2) is 18.3 Å². The van der Waals surface area contributed by atoms with E-state index in [0.29, 0.717) is 27.8 Å². The molecule has 2 N–H and O–H groups in total. The number of amides is 1. The van der Waals surface area contributed by atoms with Gasteiger partial charge in [-0.25, -0.2) is 9.48 Å². The van der Waals surface area contributed by atoms with E-state index < -0.39 is 11.9 Å². The number of nitrogens with zero attached hydrogens (tertiary/aromatic N) is 4. The van der Waals surface area contributed by atoms with Gasteiger partial charge >= 0.3 is 5.97 Å². The summed E-state index contributed by atoms with van der Waals surface area (Å²) < 4.78 is 8.73. The van der Waals surface area contributed by atoms with Gasteiger partial charge in [-0.3, -0.25) is 9.48 Å². The molecule has 1 aromatic carbocycles. The van der Waals surface area contributed by atoms with E-state index in [0.717, 1.165) is 11.1 Å². The van der Waals surface area contributed by atoms with E-state index in [-0.39, 0.29) is 18.0 Å². The lowest BCUT2D eigenvalue weighted by Gasteiger charge is -2.11. The minimum absolute atomic E-state index is 0.132. The van der Waals surface area contributed by atoms with Gasteiger partial charge in [-0.2, -0.15) is 10.2 Å². The molecule has 0 fully saturated rings. The second kappa shape index (κ2) is 8.19. The summed E-state index contributed by atoms with van der Waals surface area (Å²) in [7, 11) is 1.55. The highest BCUT2D eigenvalue weighted by Crippen LogP contribution is 2.27. The van der Waals surface area contributed by atoms with Crippen molar-refractivity contribution in [2.24, 2.45) is 7.05 Å². The lowest BCUT2D eigenvalue weighted by molar-refractivity contribution is 0.0692. The first-order valence-electron chi connectivity index (χ1n) is 9.10. The molecule has 0 spiro atoms. The monoisotopic (exact) mass is 431 g/mol. The molecule has 0 radical (unpaired) electrons. The smallest absolute Gasteiger partial charge is 0.339 e. The van der Waals surface area contributed by atoms with Gasteiger partial charge < -0.3 is 15.2 Å². The number of aromatic carboxylic acids is 1. The van der Waals surface area contributed by atoms with Crippen LogP contribution in [0.3, 0.4) is 0 Å². The van der Waals surface area contributed by atoms with Crippen LogP contribution in [0.4, 0.5) is 5.69 Å². The molecule has 2 aromatic heterocycles. The number of aromatic nitrogens is 4. The van der Waals surface area contributed by atoms with Crippen molar-refractivity contribution in [3.8, 4) is 5.75 Å². The SMILES string of the molecule is Cc1cc(OCn2nc(C)c(NC(=O)c3nn(C)cc3C(=O)O)c2C)cc(C)c1Cl. The maximum atomic E-state index is 12.6. The van der Waals surface area contributed by atoms with Crippen molar-refractivity contribution in [1.29, 1.82) is 0 Å². The van der Waals surface area contributed by atoms with Crippen molar-refractivity contribution < 1.29 is 19.4 Å². The van der Waals surface area contributed by atoms with Crippen molar-refractivity contribution in [1.82, 2.24) is 19.6 Å². The summed E-state index contributed by atoms with van der Waals surface area (Å²) >= 11 is 6.19. The van der Waals surface area contributed by atoms with Crippen LogP contribution in [-0.4, -0.2) is 36.5 Å². The second-order valence-electron chi connectivity index (χ2n) is 7.01. The van der Waals surface area contributed by atoms with E-state index in [9.17, 15) is 14.7 Å². The van der Waals surface area contributed by atoms with Gasteiger partial charge in [0.1, 0.15) is 11.3 Å². The molecule has 0 saturated heterocycles. The summed E-state index contributed by atoms with van der Waals surface area (Å²) in [6.45, 7) is 7.47. The zero-order valence-electron chi connectivity index (χ0n) is 17.3. The van der Waals surface area contributed by atoms with E-state index in [2.05, 4.69) is 15.5 Å². The Morgan fingerprint density at radius 1 is 1.17 bits per heavy atom. The number of anilines is 1. The van der Waals surface area contributed by atoms with Gasteiger partial charge in [0.2, 0.25) is 0 Å². The zero-order valence-corrected chi connectivity index (χ0v) is 18.0. The summed E-state index contributed by atoms with van der Waals surface area (Å²) in [6, 6.07) is 3.69. The molecular weight excluding hydrogens is 410 g/mol. The number of hydrogen-bond donors (Lipinski definition) is 2. The molecule has 1 amide bonds. The van der Waals surface area contributed by atoms with Crippen LogP contribution in [0.25, 0.3) is 0 Å². The van der Waals surface area contributed by atoms with Crippen molar-refractivity contribution in [2.75, 3.05) is 5.32 Å². The Hall–Kier alpha value is -3.33. The maximum absolute atomic E-state index is 12.6. The molecule has 0 bridgehead atoms. The average molecular weight is 432 g/mol. The van der Waals surface area contributed by atoms with Crippen molar-refractivity contribution >= 4 is 29.2 Å². The van der Waals surface area contributed by atoms with Crippen LogP contribution in [0, 0.1) is 27.7 Å². The number of rotatable bonds is 6. The van der Waals surface area contributed by atoms with E-state index >= 15 is 0 Å². The van der Waals surface area contributed by atoms with Crippen molar-refractivity contribution in [2.45, 2.75) is 34.4 Å². The largest absolute Gasteiger partial charge is 0.478 e. The number of carboxylic acids is 1. The molecule has 0 saturated carbocycles. The Morgan fingerprint density at radius 2 is 1.80 bits per heavy atom. The topological polar surface area (TPSA) is 111 Å². The summed E-state index contributed by atoms with van der Waals surface area (Å²) in [6.07, 6.45) is 1.28. The molecule has 30 heavy (non-hydrogen) atoms. The number of carbonyl (C=O) groups excluding carboxylic acids is 1. The number of nitrogens with one attached hydrogen (secondary N) is 1. The normalized spacial score (nSPS) is 10.9. The van der Waals surface area contributed by atoms with E-state index in [1.165, 1.54) is 10.9 Å². The minimum Gasteiger partial charge on any atom is -0.478 e. The third kappa shape index (κ3) is 4.16. The van der Waals surface area contributed by atoms with Crippen molar-refractivity contribution in [3.63, 3.8) is 0 Å². The van der Waals surface area contributed by atoms with Gasteiger partial charge in [0.05, 0.1) is 17.1 Å². The lowest BCUT2D eigenvalue weighted by Crippen LogP contribution is -2.17. The number of aryl methyl sites for hydroxylation is 4. The van der Waals surface area contributed by atoms with E-state index in [1.807, 2.05) is 26.0 Å². The van der Waals surface area contributed by atoms with Crippen LogP contribution in [-0.2, 0) is 13.8 Å². The summed E-state index contributed by atoms with van der Waals surface area (Å²) in [4.78, 5) is 24.0. The molecule has 10 heteroatoms. The maximum Gasteiger partial charge on any atom is 0.339 e. The Labute approximate surface area is 178 Å². The van der Waals surface area contributed by atoms with Gasteiger partial charge in [0.25, 0.3) is 5.91 Å². The fourth-order valence-electron chi connectivity index (χ4n) is 3.11. The predicted octanol–water partition coefficient (Wildman–Crippen LogP) is 3.49. The Morgan fingerprint density at radius 3 is 2.40 bits per heavy atom. The Kier molecular flexibility index (Phi) is 5.84. The van der Waals surface area contributed by atoms with Crippen LogP contribution in [0.5, 0.6) is 5.75 Å². The van der Waals surface area contributed by atoms with Gasteiger partial charge in [0.15, 0.2) is 12.4 Å². The Balaban J connectivity index is 1.79. The zero-order chi connectivity index (χ0) is 22.2. The highest BCUT2D eigenvalue weighted by atomic mass is 35.5. The average Bonchev–Trinajstić information content (AvgIpc) is 3.19. The standard InChI is InChI=1S/C20H22ClN5O4/c1-10-6-14(7-11(2)16(10)21)30-9-26-13(4)17(12(3)23-26)22-19(27)18-15(20(28)29)8-25(5)24-18/h6-8H,9H2,1-5H3,(H,22,27)(H,28,29). The van der Waals surface area contributed by atoms with E-state index in [4.69, 9.17) is 16.3 Å². The first-order chi connectivity index (χ1) is 14.1. The number of carboxylic acid groups (broad SMARTS) is 1. The van der Waals surface area contributed by atoms with E-state index in [1.54, 1.807) is 25.6 Å². The van der Waals surface area contributed by atoms with Crippen molar-refractivity contribution in [3.05, 3.63) is 57.1 Å². The molecule has 3 rings (SSSR count). The summed E-state index contributed by atoms with van der Waals surface area (Å²) in [5.41, 5.74) is 3.20. The number of carbonyl (C=O) groups is 2. The number of ether oxygens (including phenoxy) is 1. The molecule has 0 unspecified atom stereocenters. The molecular formula is C20H22ClN5O4. The first kappa shape index (κ1) is 21.4. The highest BCUT2D eigenvalue weighted by Gasteiger charge is 2.23. The van der Waals surface area contributed by atoms with Gasteiger partial charge in [-0.05, 0) is 51.0 Å². The molecule has 0 aliphatic carbocycles. The molecule has 9 nitrogen and oxygen atoms in total. The van der Waals surface area contributed by atoms with Gasteiger partial charge in [0, 0.05) is 18.3 Å². The number of hydrogen-bond acceptors (Lipinski definition) is 5. The molecule has 0 aliphatic heterocycles. The predicted molar refractivity (Wildman–Crippen MR) is 111 cm³/mol. The van der Waals surface area contributed by atoms with Gasteiger partial charge in [-0.15, -0.1) is 0 Å². The lowest BCUT2D eigenvalue weighted by atomic mass is 10.1. The van der Waals surface area contributed by atoms with Crippen LogP contribution < -0.4 is 10.1 Å². The number of halogens is 1. The molecule has 3 aromatic rings. The fraction of sp³-hybridized carbons (Fsp3) is 0.300. The number of benzene rings is 1. The minimum atomic E-state index is -1.22. The third-order valence-electron chi connectivity index (χ3n) is 4.66. The summed E-state index contributed by atoms with van der Waals surface area (Å²) in [5, 5.41) is 21.0. The quantitative estimate of drug-likeness (QED) is 0.618. The van der Waals surface area contributed by atoms with Crippen LogP contribution in [0.1, 0.15) is 43.4 Å². The van der Waals surface area contributed by atoms with Crippen LogP contribution in [0.2, 0.25) is 5.02 Å².